The molecule has 0 rings (SSSR count). The Bertz CT molecular complexity index is 274. The van der Waals surface area contributed by atoms with Crippen LogP contribution in [0.15, 0.2) is 0 Å². The summed E-state index contributed by atoms with van der Waals surface area (Å²) in [5.74, 6) is 1.70. The molecule has 1 amide bonds. The molecule has 0 fully saturated rings. The van der Waals surface area contributed by atoms with Crippen molar-refractivity contribution >= 4 is 34.7 Å². The first kappa shape index (κ1) is 14.0. The van der Waals surface area contributed by atoms with Gasteiger partial charge in [-0.3, -0.25) is 0 Å². The van der Waals surface area contributed by atoms with Crippen molar-refractivity contribution in [1.29, 1.82) is 0 Å². The van der Waals surface area contributed by atoms with E-state index >= 15 is 0 Å². The number of amides is 1. The smallest absolute Gasteiger partial charge is 0.409 e. The number of rotatable bonds is 4. The van der Waals surface area contributed by atoms with Crippen LogP contribution in [-0.4, -0.2) is 28.8 Å². The van der Waals surface area contributed by atoms with Gasteiger partial charge in [-0.1, -0.05) is 5.92 Å². The summed E-state index contributed by atoms with van der Waals surface area (Å²) in [4.78, 5) is 22.2. The molecule has 0 heterocycles. The Hall–Kier alpha value is -0.970. The highest BCUT2D eigenvalue weighted by atomic mass is 127. The molecule has 0 bridgehead atoms. The lowest BCUT2D eigenvalue weighted by molar-refractivity contribution is -0.145. The zero-order valence-corrected chi connectivity index (χ0v) is 10.6. The van der Waals surface area contributed by atoms with Crippen LogP contribution in [0.4, 0.5) is 4.79 Å². The van der Waals surface area contributed by atoms with Gasteiger partial charge in [0.25, 0.3) is 0 Å². The predicted octanol–water partition coefficient (Wildman–Crippen LogP) is 1.06. The van der Waals surface area contributed by atoms with Crippen LogP contribution in [0.2, 0.25) is 0 Å². The van der Waals surface area contributed by atoms with Gasteiger partial charge < -0.3 is 14.8 Å². The van der Waals surface area contributed by atoms with Gasteiger partial charge in [-0.05, 0) is 36.4 Å². The molecule has 15 heavy (non-hydrogen) atoms. The minimum absolute atomic E-state index is 0.263. The van der Waals surface area contributed by atoms with Crippen LogP contribution in [0.5, 0.6) is 0 Å². The average molecular weight is 325 g/mol. The molecule has 0 radical (unpaired) electrons. The Balaban J connectivity index is 3.97. The molecule has 0 spiro atoms. The highest BCUT2D eigenvalue weighted by Crippen LogP contribution is 2.01. The number of hydrogen-bond donors (Lipinski definition) is 1. The third kappa shape index (κ3) is 6.17. The summed E-state index contributed by atoms with van der Waals surface area (Å²) >= 11 is 1.77. The SMILES string of the molecule is C#CC(I)OC(=O)NC(C)C(=O)OCC. The molecule has 0 aromatic carbocycles. The molecular weight excluding hydrogens is 313 g/mol. The maximum atomic E-state index is 11.1. The van der Waals surface area contributed by atoms with E-state index < -0.39 is 22.2 Å². The highest BCUT2D eigenvalue weighted by molar-refractivity contribution is 14.1. The highest BCUT2D eigenvalue weighted by Gasteiger charge is 2.18. The molecule has 0 aromatic heterocycles. The van der Waals surface area contributed by atoms with E-state index in [0.717, 1.165) is 0 Å². The number of carbonyl (C=O) groups excluding carboxylic acids is 2. The van der Waals surface area contributed by atoms with E-state index in [2.05, 4.69) is 16.0 Å². The van der Waals surface area contributed by atoms with Gasteiger partial charge in [0, 0.05) is 0 Å². The fraction of sp³-hybridized carbons (Fsp3) is 0.556. The molecule has 0 saturated heterocycles. The number of carbonyl (C=O) groups is 2. The molecule has 84 valence electrons. The summed E-state index contributed by atoms with van der Waals surface area (Å²) in [6.07, 6.45) is 4.26. The number of nitrogens with one attached hydrogen (secondary N) is 1. The van der Waals surface area contributed by atoms with Gasteiger partial charge in [0.2, 0.25) is 4.11 Å². The van der Waals surface area contributed by atoms with Crippen molar-refractivity contribution in [3.63, 3.8) is 0 Å². The second-order valence-corrected chi connectivity index (χ2v) is 3.64. The number of alkyl carbamates (subject to hydrolysis) is 1. The lowest BCUT2D eigenvalue weighted by atomic mass is 10.3. The zero-order valence-electron chi connectivity index (χ0n) is 8.45. The minimum atomic E-state index is -0.751. The Kier molecular flexibility index (Phi) is 6.86. The van der Waals surface area contributed by atoms with Crippen molar-refractivity contribution in [2.45, 2.75) is 24.0 Å². The zero-order chi connectivity index (χ0) is 11.8. The monoisotopic (exact) mass is 325 g/mol. The maximum absolute atomic E-state index is 11.1. The third-order valence-corrected chi connectivity index (χ3v) is 1.93. The Labute approximate surface area is 102 Å². The van der Waals surface area contributed by atoms with Crippen molar-refractivity contribution in [1.82, 2.24) is 5.32 Å². The first-order chi connectivity index (χ1) is 7.01. The molecule has 5 nitrogen and oxygen atoms in total. The summed E-state index contributed by atoms with van der Waals surface area (Å²) in [7, 11) is 0. The molecule has 0 aliphatic heterocycles. The van der Waals surface area contributed by atoms with Crippen LogP contribution in [-0.2, 0) is 14.3 Å². The molecule has 0 saturated carbocycles. The summed E-state index contributed by atoms with van der Waals surface area (Å²) in [6, 6.07) is -0.751. The quantitative estimate of drug-likeness (QED) is 0.363. The molecule has 0 aromatic rings. The second-order valence-electron chi connectivity index (χ2n) is 2.51. The van der Waals surface area contributed by atoms with Crippen LogP contribution in [0.25, 0.3) is 0 Å². The van der Waals surface area contributed by atoms with Crippen molar-refractivity contribution in [2.24, 2.45) is 0 Å². The molecule has 2 atom stereocenters. The van der Waals surface area contributed by atoms with Gasteiger partial charge in [-0.15, -0.1) is 6.42 Å². The second kappa shape index (κ2) is 7.34. The molecule has 2 unspecified atom stereocenters. The van der Waals surface area contributed by atoms with Gasteiger partial charge in [0.05, 0.1) is 6.61 Å². The standard InChI is InChI=1S/C9H12INO4/c1-4-7(10)15-9(13)11-6(3)8(12)14-5-2/h1,6-7H,5H2,2-3H3,(H,11,13). The van der Waals surface area contributed by atoms with Gasteiger partial charge >= 0.3 is 12.1 Å². The Morgan fingerprint density at radius 1 is 1.60 bits per heavy atom. The van der Waals surface area contributed by atoms with Gasteiger partial charge in [0.15, 0.2) is 0 Å². The normalized spacial score (nSPS) is 13.2. The minimum Gasteiger partial charge on any atom is -0.464 e. The topological polar surface area (TPSA) is 64.6 Å². The van der Waals surface area contributed by atoms with E-state index in [0.29, 0.717) is 0 Å². The fourth-order valence-electron chi connectivity index (χ4n) is 0.665. The van der Waals surface area contributed by atoms with E-state index in [9.17, 15) is 9.59 Å². The number of ether oxygens (including phenoxy) is 2. The van der Waals surface area contributed by atoms with Crippen molar-refractivity contribution in [2.75, 3.05) is 6.61 Å². The fourth-order valence-corrected chi connectivity index (χ4v) is 0.896. The number of terminal acetylenes is 1. The summed E-state index contributed by atoms with van der Waals surface area (Å²) < 4.78 is 8.72. The van der Waals surface area contributed by atoms with E-state index in [1.807, 2.05) is 0 Å². The Morgan fingerprint density at radius 2 is 2.20 bits per heavy atom. The summed E-state index contributed by atoms with van der Waals surface area (Å²) in [5.41, 5.74) is 0. The van der Waals surface area contributed by atoms with Gasteiger partial charge in [-0.2, -0.15) is 0 Å². The van der Waals surface area contributed by atoms with E-state index in [4.69, 9.17) is 11.2 Å². The van der Waals surface area contributed by atoms with Crippen molar-refractivity contribution in [3.8, 4) is 12.3 Å². The van der Waals surface area contributed by atoms with E-state index in [1.165, 1.54) is 6.92 Å². The van der Waals surface area contributed by atoms with Crippen LogP contribution in [0.3, 0.4) is 0 Å². The first-order valence-corrected chi connectivity index (χ1v) is 5.49. The van der Waals surface area contributed by atoms with Crippen LogP contribution in [0, 0.1) is 12.3 Å². The summed E-state index contributed by atoms with van der Waals surface area (Å²) in [5, 5.41) is 2.29. The van der Waals surface area contributed by atoms with Crippen molar-refractivity contribution in [3.05, 3.63) is 0 Å². The molecule has 1 N–H and O–H groups in total. The predicted molar refractivity (Wildman–Crippen MR) is 62.4 cm³/mol. The summed E-state index contributed by atoms with van der Waals surface area (Å²) in [6.45, 7) is 3.44. The number of esters is 1. The van der Waals surface area contributed by atoms with Gasteiger partial charge in [-0.25, -0.2) is 9.59 Å². The molecular formula is C9H12INO4. The first-order valence-electron chi connectivity index (χ1n) is 4.25. The van der Waals surface area contributed by atoms with Crippen LogP contribution < -0.4 is 5.32 Å². The number of alkyl halides is 1. The van der Waals surface area contributed by atoms with Crippen molar-refractivity contribution < 1.29 is 19.1 Å². The molecule has 6 heteroatoms. The maximum Gasteiger partial charge on any atom is 0.409 e. The number of halogens is 1. The Morgan fingerprint density at radius 3 is 2.67 bits per heavy atom. The largest absolute Gasteiger partial charge is 0.464 e. The van der Waals surface area contributed by atoms with Crippen LogP contribution in [0.1, 0.15) is 13.8 Å². The number of hydrogen-bond acceptors (Lipinski definition) is 4. The lowest BCUT2D eigenvalue weighted by Gasteiger charge is -2.13. The van der Waals surface area contributed by atoms with Crippen LogP contribution >= 0.6 is 22.6 Å². The van der Waals surface area contributed by atoms with E-state index in [1.54, 1.807) is 29.5 Å². The van der Waals surface area contributed by atoms with Gasteiger partial charge in [0.1, 0.15) is 6.04 Å². The van der Waals surface area contributed by atoms with E-state index in [-0.39, 0.29) is 6.61 Å². The average Bonchev–Trinajstić information content (AvgIpc) is 2.17. The third-order valence-electron chi connectivity index (χ3n) is 1.32. The molecule has 0 aliphatic carbocycles. The molecule has 0 aliphatic rings. The lowest BCUT2D eigenvalue weighted by Crippen LogP contribution is -2.40.